The van der Waals surface area contributed by atoms with Crippen molar-refractivity contribution in [2.75, 3.05) is 12.4 Å². The highest BCUT2D eigenvalue weighted by Gasteiger charge is 2.41. The third kappa shape index (κ3) is 7.55. The lowest BCUT2D eigenvalue weighted by Crippen LogP contribution is -2.46. The number of rotatable bonds is 8. The van der Waals surface area contributed by atoms with Crippen LogP contribution in [0.2, 0.25) is 0 Å². The summed E-state index contributed by atoms with van der Waals surface area (Å²) in [7, 11) is 1.58. The van der Waals surface area contributed by atoms with E-state index in [-0.39, 0.29) is 35.9 Å². The van der Waals surface area contributed by atoms with E-state index in [1.165, 1.54) is 12.4 Å². The van der Waals surface area contributed by atoms with Gasteiger partial charge in [-0.2, -0.15) is 13.2 Å². The second kappa shape index (κ2) is 12.2. The van der Waals surface area contributed by atoms with Crippen molar-refractivity contribution in [1.29, 1.82) is 0 Å². The Morgan fingerprint density at radius 3 is 2.50 bits per heavy atom. The smallest absolute Gasteiger partial charge is 0.393 e. The number of pyridine rings is 1. The molecule has 0 saturated heterocycles. The van der Waals surface area contributed by atoms with E-state index in [9.17, 15) is 22.0 Å². The van der Waals surface area contributed by atoms with Crippen LogP contribution in [0.25, 0.3) is 21.3 Å². The van der Waals surface area contributed by atoms with E-state index < -0.39 is 30.6 Å². The van der Waals surface area contributed by atoms with Crippen LogP contribution in [0.5, 0.6) is 5.75 Å². The average molecular weight is 600 g/mol. The quantitative estimate of drug-likeness (QED) is 0.212. The van der Waals surface area contributed by atoms with Crippen molar-refractivity contribution in [2.45, 2.75) is 56.4 Å². The third-order valence-corrected chi connectivity index (χ3v) is 7.63. The number of methoxy groups -OCH3 is 1. The lowest BCUT2D eigenvalue weighted by atomic mass is 9.87. The first kappa shape index (κ1) is 29.9. The zero-order valence-electron chi connectivity index (χ0n) is 21.3. The summed E-state index contributed by atoms with van der Waals surface area (Å²) in [5, 5.41) is 6.71. The van der Waals surface area contributed by atoms with E-state index in [0.717, 1.165) is 28.0 Å². The Hall–Kier alpha value is -3.09. The van der Waals surface area contributed by atoms with Gasteiger partial charge in [-0.1, -0.05) is 24.3 Å². The molecule has 0 radical (unpaired) electrons. The molecule has 4 aromatic rings. The maximum Gasteiger partial charge on any atom is 0.393 e. The molecule has 0 unspecified atom stereocenters. The summed E-state index contributed by atoms with van der Waals surface area (Å²) in [6, 6.07) is 9.96. The van der Waals surface area contributed by atoms with Crippen LogP contribution in [0.1, 0.15) is 29.7 Å². The van der Waals surface area contributed by atoms with Gasteiger partial charge in [0.25, 0.3) is 5.92 Å². The van der Waals surface area contributed by atoms with Crippen LogP contribution in [-0.2, 0) is 13.0 Å². The van der Waals surface area contributed by atoms with Crippen LogP contribution in [0, 0.1) is 0 Å². The molecule has 1 saturated carbocycles. The van der Waals surface area contributed by atoms with Gasteiger partial charge in [0.2, 0.25) is 0 Å². The first-order valence-corrected chi connectivity index (χ1v) is 13.1. The van der Waals surface area contributed by atoms with Crippen molar-refractivity contribution in [1.82, 2.24) is 20.3 Å². The molecule has 0 spiro atoms. The van der Waals surface area contributed by atoms with Gasteiger partial charge in [-0.25, -0.2) is 18.7 Å². The Morgan fingerprint density at radius 1 is 1.02 bits per heavy atom. The molecule has 6 nitrogen and oxygen atoms in total. The molecule has 1 aromatic carbocycles. The van der Waals surface area contributed by atoms with E-state index >= 15 is 0 Å². The molecule has 5 rings (SSSR count). The number of nitrogens with one attached hydrogen (secondary N) is 2. The fourth-order valence-electron chi connectivity index (χ4n) is 4.84. The molecule has 3 aromatic heterocycles. The Balaban J connectivity index is 0.00000370. The zero-order chi connectivity index (χ0) is 27.6. The molecular weight excluding hydrogens is 573 g/mol. The number of alkyl halides is 5. The van der Waals surface area contributed by atoms with Crippen LogP contribution in [0.15, 0.2) is 55.1 Å². The van der Waals surface area contributed by atoms with E-state index in [0.29, 0.717) is 28.9 Å². The fraction of sp³-hybridized carbons (Fsp3) is 0.370. The highest BCUT2D eigenvalue weighted by molar-refractivity contribution is 7.18. The van der Waals surface area contributed by atoms with Crippen LogP contribution in [0.3, 0.4) is 0 Å². The van der Waals surface area contributed by atoms with Gasteiger partial charge in [0, 0.05) is 48.1 Å². The van der Waals surface area contributed by atoms with Gasteiger partial charge in [0.05, 0.1) is 25.1 Å². The topological polar surface area (TPSA) is 72.0 Å². The van der Waals surface area contributed by atoms with Gasteiger partial charge in [-0.3, -0.25) is 4.98 Å². The van der Waals surface area contributed by atoms with Crippen LogP contribution < -0.4 is 15.4 Å². The summed E-state index contributed by atoms with van der Waals surface area (Å²) in [4.78, 5) is 12.9. The zero-order valence-corrected chi connectivity index (χ0v) is 23.0. The SMILES string of the molecule is COc1cncc(-c2ccc(CN[C@@H]3C[C@H](Nc4ncnc5sc(CC(F)(F)F)cc45)CC(F)(F)C3)cc2)c1.Cl. The van der Waals surface area contributed by atoms with Crippen molar-refractivity contribution in [2.24, 2.45) is 0 Å². The number of halogens is 6. The van der Waals surface area contributed by atoms with E-state index in [4.69, 9.17) is 4.74 Å². The minimum Gasteiger partial charge on any atom is -0.495 e. The molecule has 40 heavy (non-hydrogen) atoms. The van der Waals surface area contributed by atoms with Crippen molar-refractivity contribution in [3.8, 4) is 16.9 Å². The first-order valence-electron chi connectivity index (χ1n) is 12.3. The lowest BCUT2D eigenvalue weighted by Gasteiger charge is -2.36. The van der Waals surface area contributed by atoms with Crippen molar-refractivity contribution in [3.63, 3.8) is 0 Å². The number of nitrogens with zero attached hydrogens (tertiary/aromatic N) is 3. The van der Waals surface area contributed by atoms with Gasteiger partial charge in [-0.05, 0) is 29.7 Å². The second-order valence-electron chi connectivity index (χ2n) is 9.68. The van der Waals surface area contributed by atoms with E-state index in [1.807, 2.05) is 30.3 Å². The van der Waals surface area contributed by atoms with Gasteiger partial charge in [-0.15, -0.1) is 23.7 Å². The molecule has 1 fully saturated rings. The number of hydrogen-bond acceptors (Lipinski definition) is 7. The second-order valence-corrected chi connectivity index (χ2v) is 10.8. The molecule has 3 heterocycles. The Labute approximate surface area is 237 Å². The molecule has 0 amide bonds. The Bertz CT molecular complexity index is 1430. The molecule has 0 bridgehead atoms. The van der Waals surface area contributed by atoms with Crippen LogP contribution in [-0.4, -0.2) is 46.2 Å². The maximum absolute atomic E-state index is 14.7. The highest BCUT2D eigenvalue weighted by Crippen LogP contribution is 2.37. The summed E-state index contributed by atoms with van der Waals surface area (Å²) < 4.78 is 73.1. The summed E-state index contributed by atoms with van der Waals surface area (Å²) in [6.45, 7) is 0.410. The van der Waals surface area contributed by atoms with Gasteiger partial charge in [0.1, 0.15) is 22.7 Å². The number of fused-ring (bicyclic) bond motifs is 1. The summed E-state index contributed by atoms with van der Waals surface area (Å²) in [5.74, 6) is -1.98. The average Bonchev–Trinajstić information content (AvgIpc) is 3.29. The number of aromatic nitrogens is 3. The van der Waals surface area contributed by atoms with Crippen LogP contribution in [0.4, 0.5) is 27.8 Å². The molecule has 13 heteroatoms. The van der Waals surface area contributed by atoms with E-state index in [2.05, 4.69) is 25.6 Å². The molecule has 214 valence electrons. The number of ether oxygens (including phenoxy) is 1. The minimum absolute atomic E-state index is 0. The molecule has 1 aliphatic rings. The van der Waals surface area contributed by atoms with Crippen molar-refractivity contribution >= 4 is 39.8 Å². The predicted octanol–water partition coefficient (Wildman–Crippen LogP) is 7.05. The third-order valence-electron chi connectivity index (χ3n) is 6.59. The number of benzene rings is 1. The standard InChI is InChI=1S/C27H26F5N5OS.ClH/c1-38-21-6-18(13-33-14-21)17-4-2-16(3-5-17)12-34-19-7-20(10-26(28,29)9-19)37-24-23-8-22(11-27(30,31)32)39-25(23)36-15-35-24;/h2-6,8,13-15,19-20,34H,7,9-12H2,1H3,(H,35,36,37);1H/t19-,20+;/m1./s1. The highest BCUT2D eigenvalue weighted by atomic mass is 35.5. The van der Waals surface area contributed by atoms with Gasteiger partial charge in [0.15, 0.2) is 0 Å². The monoisotopic (exact) mass is 599 g/mol. The largest absolute Gasteiger partial charge is 0.495 e. The molecule has 0 aliphatic heterocycles. The first-order chi connectivity index (χ1) is 18.6. The van der Waals surface area contributed by atoms with Crippen LogP contribution >= 0.6 is 23.7 Å². The fourth-order valence-corrected chi connectivity index (χ4v) is 5.87. The molecule has 1 aliphatic carbocycles. The summed E-state index contributed by atoms with van der Waals surface area (Å²) >= 11 is 0.926. The number of thiophene rings is 1. The van der Waals surface area contributed by atoms with Crippen molar-refractivity contribution in [3.05, 3.63) is 65.6 Å². The Kier molecular flexibility index (Phi) is 9.11. The van der Waals surface area contributed by atoms with Crippen molar-refractivity contribution < 1.29 is 26.7 Å². The van der Waals surface area contributed by atoms with E-state index in [1.54, 1.807) is 19.5 Å². The Morgan fingerprint density at radius 2 is 1.77 bits per heavy atom. The predicted molar refractivity (Wildman–Crippen MR) is 147 cm³/mol. The van der Waals surface area contributed by atoms with Gasteiger partial charge < -0.3 is 15.4 Å². The molecule has 2 N–H and O–H groups in total. The molecular formula is C27H27ClF5N5OS. The van der Waals surface area contributed by atoms with Gasteiger partial charge >= 0.3 is 6.18 Å². The lowest BCUT2D eigenvalue weighted by molar-refractivity contribution is -0.126. The molecule has 2 atom stereocenters. The normalized spacial score (nSPS) is 18.8. The summed E-state index contributed by atoms with van der Waals surface area (Å²) in [5.41, 5.74) is 2.81. The number of hydrogen-bond donors (Lipinski definition) is 2. The number of anilines is 1. The summed E-state index contributed by atoms with van der Waals surface area (Å²) in [6.07, 6.45) is -1.09. The minimum atomic E-state index is -4.35. The maximum atomic E-state index is 14.7.